The number of rotatable bonds is 8. The van der Waals surface area contributed by atoms with Gasteiger partial charge >= 0.3 is 5.97 Å². The van der Waals surface area contributed by atoms with Crippen LogP contribution in [0.5, 0.6) is 0 Å². The van der Waals surface area contributed by atoms with Crippen LogP contribution in [0, 0.1) is 0 Å². The molecule has 19 heavy (non-hydrogen) atoms. The molecule has 1 heterocycles. The molecule has 0 saturated carbocycles. The fourth-order valence-corrected chi connectivity index (χ4v) is 2.47. The van der Waals surface area contributed by atoms with E-state index < -0.39 is 5.97 Å². The number of carbonyl (C=O) groups excluding carboxylic acids is 1. The van der Waals surface area contributed by atoms with Gasteiger partial charge in [0.25, 0.3) is 0 Å². The van der Waals surface area contributed by atoms with Crippen LogP contribution in [0.2, 0.25) is 0 Å². The van der Waals surface area contributed by atoms with E-state index in [0.29, 0.717) is 5.82 Å². The van der Waals surface area contributed by atoms with Crippen molar-refractivity contribution in [2.45, 2.75) is 39.2 Å². The number of carbonyl (C=O) groups is 1. The lowest BCUT2D eigenvalue weighted by atomic mass is 10.2. The van der Waals surface area contributed by atoms with E-state index in [1.807, 2.05) is 23.3 Å². The van der Waals surface area contributed by atoms with E-state index >= 15 is 0 Å². The van der Waals surface area contributed by atoms with Crippen LogP contribution < -0.4 is 5.73 Å². The van der Waals surface area contributed by atoms with Gasteiger partial charge in [0.2, 0.25) is 0 Å². The third-order valence-corrected chi connectivity index (χ3v) is 3.71. The number of nitrogen functional groups attached to an aromatic ring is 1. The van der Waals surface area contributed by atoms with E-state index in [-0.39, 0.29) is 5.69 Å². The Balaban J connectivity index is 2.70. The van der Waals surface area contributed by atoms with Gasteiger partial charge in [0.05, 0.1) is 7.11 Å². The van der Waals surface area contributed by atoms with E-state index in [9.17, 15) is 4.79 Å². The van der Waals surface area contributed by atoms with Gasteiger partial charge in [-0.25, -0.2) is 9.78 Å². The molecular weight excluding hydrogens is 262 g/mol. The van der Waals surface area contributed by atoms with E-state index in [4.69, 9.17) is 5.73 Å². The summed E-state index contributed by atoms with van der Waals surface area (Å²) in [6, 6.07) is 0. The molecule has 0 bridgehead atoms. The lowest BCUT2D eigenvalue weighted by Crippen LogP contribution is -2.09. The molecule has 0 aromatic carbocycles. The van der Waals surface area contributed by atoms with Gasteiger partial charge in [0, 0.05) is 13.0 Å². The maximum absolute atomic E-state index is 11.6. The molecule has 0 atom stereocenters. The Bertz CT molecular complexity index is 418. The summed E-state index contributed by atoms with van der Waals surface area (Å²) in [7, 11) is 1.34. The zero-order chi connectivity index (χ0) is 14.3. The molecule has 1 rings (SSSR count). The monoisotopic (exact) mass is 285 g/mol. The van der Waals surface area contributed by atoms with Crippen LogP contribution in [0.4, 0.5) is 5.82 Å². The van der Waals surface area contributed by atoms with Crippen molar-refractivity contribution in [2.75, 3.05) is 24.9 Å². The molecule has 0 unspecified atom stereocenters. The molecule has 0 spiro atoms. The van der Waals surface area contributed by atoms with Crippen LogP contribution in [0.1, 0.15) is 42.5 Å². The molecule has 5 nitrogen and oxygen atoms in total. The predicted octanol–water partition coefficient (Wildman–Crippen LogP) is 2.35. The highest BCUT2D eigenvalue weighted by Gasteiger charge is 2.19. The molecule has 1 aromatic rings. The van der Waals surface area contributed by atoms with Gasteiger partial charge in [-0.3, -0.25) is 0 Å². The van der Waals surface area contributed by atoms with Gasteiger partial charge < -0.3 is 15.0 Å². The highest BCUT2D eigenvalue weighted by Crippen LogP contribution is 2.17. The first-order valence-electron chi connectivity index (χ1n) is 6.57. The van der Waals surface area contributed by atoms with E-state index in [1.54, 1.807) is 0 Å². The SMILES string of the molecule is CCc1nc(C(=O)OC)c(N)n1CCCCCSC. The summed E-state index contributed by atoms with van der Waals surface area (Å²) in [5.41, 5.74) is 6.23. The van der Waals surface area contributed by atoms with Crippen molar-refractivity contribution in [1.29, 1.82) is 0 Å². The fourth-order valence-electron chi connectivity index (χ4n) is 1.97. The maximum Gasteiger partial charge on any atom is 0.360 e. The number of methoxy groups -OCH3 is 1. The van der Waals surface area contributed by atoms with Crippen molar-refractivity contribution in [3.8, 4) is 0 Å². The number of hydrogen-bond acceptors (Lipinski definition) is 5. The van der Waals surface area contributed by atoms with Crippen LogP contribution >= 0.6 is 11.8 Å². The van der Waals surface area contributed by atoms with E-state index in [2.05, 4.69) is 16.0 Å². The molecule has 6 heteroatoms. The minimum absolute atomic E-state index is 0.239. The average Bonchev–Trinajstić information content (AvgIpc) is 2.74. The highest BCUT2D eigenvalue weighted by molar-refractivity contribution is 7.98. The van der Waals surface area contributed by atoms with Gasteiger partial charge in [0.1, 0.15) is 11.6 Å². The molecule has 108 valence electrons. The molecule has 0 aliphatic rings. The van der Waals surface area contributed by atoms with Crippen LogP contribution in [0.25, 0.3) is 0 Å². The number of aromatic nitrogens is 2. The number of unbranched alkanes of at least 4 members (excludes halogenated alkanes) is 2. The van der Waals surface area contributed by atoms with E-state index in [1.165, 1.54) is 19.3 Å². The molecule has 1 aromatic heterocycles. The number of aryl methyl sites for hydroxylation is 1. The topological polar surface area (TPSA) is 70.1 Å². The first kappa shape index (κ1) is 15.9. The fraction of sp³-hybridized carbons (Fsp3) is 0.692. The lowest BCUT2D eigenvalue weighted by molar-refractivity contribution is 0.0595. The lowest BCUT2D eigenvalue weighted by Gasteiger charge is -2.08. The Kier molecular flexibility index (Phi) is 6.77. The molecule has 2 N–H and O–H groups in total. The van der Waals surface area contributed by atoms with Crippen LogP contribution in [-0.2, 0) is 17.7 Å². The number of nitrogens with zero attached hydrogens (tertiary/aromatic N) is 2. The number of thioether (sulfide) groups is 1. The summed E-state index contributed by atoms with van der Waals surface area (Å²) in [6.07, 6.45) is 6.29. The number of esters is 1. The Labute approximate surface area is 118 Å². The van der Waals surface area contributed by atoms with Crippen molar-refractivity contribution in [3.63, 3.8) is 0 Å². The van der Waals surface area contributed by atoms with Crippen LogP contribution in [0.3, 0.4) is 0 Å². The number of hydrogen-bond donors (Lipinski definition) is 1. The quantitative estimate of drug-likeness (QED) is 0.586. The van der Waals surface area contributed by atoms with Gasteiger partial charge in [-0.2, -0.15) is 11.8 Å². The Morgan fingerprint density at radius 1 is 1.42 bits per heavy atom. The molecule has 0 radical (unpaired) electrons. The number of imidazole rings is 1. The molecule has 0 aliphatic heterocycles. The average molecular weight is 285 g/mol. The van der Waals surface area contributed by atoms with E-state index in [0.717, 1.165) is 31.6 Å². The second kappa shape index (κ2) is 8.09. The molecule has 0 aliphatic carbocycles. The molecular formula is C13H23N3O2S. The summed E-state index contributed by atoms with van der Waals surface area (Å²) >= 11 is 1.86. The van der Waals surface area contributed by atoms with Gasteiger partial charge in [-0.15, -0.1) is 0 Å². The highest BCUT2D eigenvalue weighted by atomic mass is 32.2. The largest absolute Gasteiger partial charge is 0.464 e. The summed E-state index contributed by atoms with van der Waals surface area (Å²) in [4.78, 5) is 15.8. The number of nitrogens with two attached hydrogens (primary N) is 1. The van der Waals surface area contributed by atoms with Crippen molar-refractivity contribution in [2.24, 2.45) is 0 Å². The minimum Gasteiger partial charge on any atom is -0.464 e. The second-order valence-electron chi connectivity index (χ2n) is 4.31. The first-order chi connectivity index (χ1) is 9.15. The minimum atomic E-state index is -0.465. The Morgan fingerprint density at radius 3 is 2.74 bits per heavy atom. The first-order valence-corrected chi connectivity index (χ1v) is 7.97. The second-order valence-corrected chi connectivity index (χ2v) is 5.30. The zero-order valence-electron chi connectivity index (χ0n) is 11.9. The third kappa shape index (κ3) is 4.16. The number of anilines is 1. The maximum atomic E-state index is 11.6. The normalized spacial score (nSPS) is 10.7. The van der Waals surface area contributed by atoms with Crippen molar-refractivity contribution in [3.05, 3.63) is 11.5 Å². The predicted molar refractivity (Wildman–Crippen MR) is 79.6 cm³/mol. The summed E-state index contributed by atoms with van der Waals surface area (Å²) in [5, 5.41) is 0. The van der Waals surface area contributed by atoms with Crippen LogP contribution in [0.15, 0.2) is 0 Å². The number of ether oxygens (including phenoxy) is 1. The van der Waals surface area contributed by atoms with Crippen molar-refractivity contribution in [1.82, 2.24) is 9.55 Å². The molecule has 0 saturated heterocycles. The summed E-state index contributed by atoms with van der Waals surface area (Å²) < 4.78 is 6.63. The van der Waals surface area contributed by atoms with Gasteiger partial charge in [-0.1, -0.05) is 13.3 Å². The Morgan fingerprint density at radius 2 is 2.16 bits per heavy atom. The summed E-state index contributed by atoms with van der Waals surface area (Å²) in [5.74, 6) is 2.00. The smallest absolute Gasteiger partial charge is 0.360 e. The van der Waals surface area contributed by atoms with Crippen molar-refractivity contribution >= 4 is 23.5 Å². The van der Waals surface area contributed by atoms with Crippen LogP contribution in [-0.4, -0.2) is 34.6 Å². The molecule has 0 fully saturated rings. The van der Waals surface area contributed by atoms with Crippen molar-refractivity contribution < 1.29 is 9.53 Å². The molecule has 0 amide bonds. The third-order valence-electron chi connectivity index (χ3n) is 3.01. The van der Waals surface area contributed by atoms with Gasteiger partial charge in [0.15, 0.2) is 5.69 Å². The van der Waals surface area contributed by atoms with Gasteiger partial charge in [-0.05, 0) is 24.9 Å². The Hall–Kier alpha value is -1.17. The zero-order valence-corrected chi connectivity index (χ0v) is 12.8. The summed E-state index contributed by atoms with van der Waals surface area (Å²) in [6.45, 7) is 2.82. The standard InChI is InChI=1S/C13H23N3O2S/c1-4-10-15-11(13(17)18-2)12(14)16(10)8-6-5-7-9-19-3/h4-9,14H2,1-3H3.